The topological polar surface area (TPSA) is 18.5 Å². The number of hydrogen-bond donors (Lipinski definition) is 1. The first kappa shape index (κ1) is 14.9. The van der Waals surface area contributed by atoms with Crippen LogP contribution in [-0.4, -0.2) is 61.7 Å². The fourth-order valence-electron chi connectivity index (χ4n) is 2.56. The molecule has 0 spiro atoms. The molecule has 3 heteroatoms. The zero-order chi connectivity index (χ0) is 12.7. The maximum atomic E-state index is 3.65. The van der Waals surface area contributed by atoms with Crippen LogP contribution >= 0.6 is 0 Å². The lowest BCUT2D eigenvalue weighted by Crippen LogP contribution is -2.52. The van der Waals surface area contributed by atoms with Crippen LogP contribution in [0.15, 0.2) is 0 Å². The molecule has 3 nitrogen and oxygen atoms in total. The number of nitrogens with zero attached hydrogens (tertiary/aromatic N) is 2. The number of rotatable bonds is 7. The van der Waals surface area contributed by atoms with E-state index >= 15 is 0 Å². The van der Waals surface area contributed by atoms with Gasteiger partial charge >= 0.3 is 0 Å². The Bertz CT molecular complexity index is 188. The molecule has 0 saturated carbocycles. The zero-order valence-electron chi connectivity index (χ0n) is 12.2. The van der Waals surface area contributed by atoms with Crippen molar-refractivity contribution in [3.8, 4) is 0 Å². The second-order valence-corrected chi connectivity index (χ2v) is 5.28. The first-order chi connectivity index (χ1) is 8.21. The summed E-state index contributed by atoms with van der Waals surface area (Å²) in [7, 11) is 0. The van der Waals surface area contributed by atoms with Crippen LogP contribution in [0, 0.1) is 5.92 Å². The van der Waals surface area contributed by atoms with Crippen LogP contribution in [0.4, 0.5) is 0 Å². The van der Waals surface area contributed by atoms with Crippen molar-refractivity contribution in [3.05, 3.63) is 0 Å². The van der Waals surface area contributed by atoms with Gasteiger partial charge in [-0.3, -0.25) is 4.90 Å². The first-order valence-electron chi connectivity index (χ1n) is 7.39. The van der Waals surface area contributed by atoms with Gasteiger partial charge in [-0.2, -0.15) is 0 Å². The minimum Gasteiger partial charge on any atom is -0.313 e. The van der Waals surface area contributed by atoms with Crippen LogP contribution in [0.5, 0.6) is 0 Å². The monoisotopic (exact) mass is 241 g/mol. The molecule has 1 rings (SSSR count). The van der Waals surface area contributed by atoms with Gasteiger partial charge in [-0.25, -0.2) is 0 Å². The molecular formula is C14H31N3. The van der Waals surface area contributed by atoms with E-state index in [0.29, 0.717) is 6.04 Å². The fourth-order valence-corrected chi connectivity index (χ4v) is 2.56. The average molecular weight is 241 g/mol. The van der Waals surface area contributed by atoms with Gasteiger partial charge in [0.2, 0.25) is 0 Å². The lowest BCUT2D eigenvalue weighted by molar-refractivity contribution is 0.118. The van der Waals surface area contributed by atoms with E-state index in [0.717, 1.165) is 12.5 Å². The van der Waals surface area contributed by atoms with E-state index in [2.05, 4.69) is 42.8 Å². The Balaban J connectivity index is 2.35. The second kappa shape index (κ2) is 8.06. The first-order valence-corrected chi connectivity index (χ1v) is 7.39. The van der Waals surface area contributed by atoms with E-state index in [4.69, 9.17) is 0 Å². The van der Waals surface area contributed by atoms with Gasteiger partial charge in [0.05, 0.1) is 0 Å². The van der Waals surface area contributed by atoms with Gasteiger partial charge in [-0.05, 0) is 19.0 Å². The van der Waals surface area contributed by atoms with Crippen molar-refractivity contribution >= 4 is 0 Å². The fraction of sp³-hybridized carbons (Fsp3) is 1.00. The molecule has 2 atom stereocenters. The number of hydrogen-bond acceptors (Lipinski definition) is 3. The summed E-state index contributed by atoms with van der Waals surface area (Å²) in [5, 5.41) is 3.65. The molecule has 0 aromatic rings. The van der Waals surface area contributed by atoms with Crippen molar-refractivity contribution in [2.75, 3.05) is 45.8 Å². The molecule has 1 N–H and O–H groups in total. The SMILES string of the molecule is CCNC(CN1CCN(CC)CC1)C(C)CC. The summed E-state index contributed by atoms with van der Waals surface area (Å²) in [5.74, 6) is 0.777. The van der Waals surface area contributed by atoms with Gasteiger partial charge in [0.1, 0.15) is 0 Å². The molecule has 0 amide bonds. The summed E-state index contributed by atoms with van der Waals surface area (Å²) in [6.45, 7) is 17.6. The molecule has 0 aromatic heterocycles. The van der Waals surface area contributed by atoms with Crippen LogP contribution in [0.1, 0.15) is 34.1 Å². The van der Waals surface area contributed by atoms with Gasteiger partial charge in [-0.1, -0.05) is 34.1 Å². The van der Waals surface area contributed by atoms with Gasteiger partial charge in [-0.15, -0.1) is 0 Å². The highest BCUT2D eigenvalue weighted by atomic mass is 15.3. The Morgan fingerprint density at radius 2 is 1.59 bits per heavy atom. The molecule has 0 aliphatic carbocycles. The Kier molecular flexibility index (Phi) is 7.09. The van der Waals surface area contributed by atoms with Crippen molar-refractivity contribution in [2.24, 2.45) is 5.92 Å². The van der Waals surface area contributed by atoms with Crippen molar-refractivity contribution < 1.29 is 0 Å². The maximum absolute atomic E-state index is 3.65. The molecule has 2 unspecified atom stereocenters. The zero-order valence-corrected chi connectivity index (χ0v) is 12.2. The van der Waals surface area contributed by atoms with Crippen molar-refractivity contribution in [2.45, 2.75) is 40.2 Å². The maximum Gasteiger partial charge on any atom is 0.0220 e. The van der Waals surface area contributed by atoms with Crippen LogP contribution in [0.25, 0.3) is 0 Å². The third-order valence-corrected chi connectivity index (χ3v) is 4.16. The van der Waals surface area contributed by atoms with Gasteiger partial charge < -0.3 is 10.2 Å². The Morgan fingerprint density at radius 3 is 2.06 bits per heavy atom. The van der Waals surface area contributed by atoms with Gasteiger partial charge in [0, 0.05) is 38.8 Å². The number of likely N-dealkylation sites (N-methyl/N-ethyl adjacent to an activating group) is 2. The quantitative estimate of drug-likeness (QED) is 0.731. The lowest BCUT2D eigenvalue weighted by atomic mass is 9.98. The van der Waals surface area contributed by atoms with Gasteiger partial charge in [0.15, 0.2) is 0 Å². The Morgan fingerprint density at radius 1 is 1.00 bits per heavy atom. The molecule has 1 heterocycles. The molecule has 17 heavy (non-hydrogen) atoms. The minimum atomic E-state index is 0.665. The number of piperazine rings is 1. The van der Waals surface area contributed by atoms with Crippen molar-refractivity contribution in [1.82, 2.24) is 15.1 Å². The smallest absolute Gasteiger partial charge is 0.0220 e. The van der Waals surface area contributed by atoms with E-state index in [1.54, 1.807) is 0 Å². The highest BCUT2D eigenvalue weighted by Gasteiger charge is 2.21. The predicted octanol–water partition coefficient (Wildman–Crippen LogP) is 1.65. The van der Waals surface area contributed by atoms with E-state index in [-0.39, 0.29) is 0 Å². The molecule has 102 valence electrons. The van der Waals surface area contributed by atoms with Crippen LogP contribution in [0.3, 0.4) is 0 Å². The third kappa shape index (κ3) is 4.94. The molecule has 1 saturated heterocycles. The number of nitrogens with one attached hydrogen (secondary N) is 1. The van der Waals surface area contributed by atoms with Gasteiger partial charge in [0.25, 0.3) is 0 Å². The molecule has 1 aliphatic heterocycles. The molecule has 0 radical (unpaired) electrons. The van der Waals surface area contributed by atoms with Crippen molar-refractivity contribution in [3.63, 3.8) is 0 Å². The highest BCUT2D eigenvalue weighted by molar-refractivity contribution is 4.79. The predicted molar refractivity (Wildman–Crippen MR) is 75.5 cm³/mol. The normalized spacial score (nSPS) is 22.6. The summed E-state index contributed by atoms with van der Waals surface area (Å²) in [6, 6.07) is 0.665. The lowest BCUT2D eigenvalue weighted by Gasteiger charge is -2.37. The van der Waals surface area contributed by atoms with E-state index in [1.807, 2.05) is 0 Å². The molecule has 1 fully saturated rings. The van der Waals surface area contributed by atoms with E-state index in [9.17, 15) is 0 Å². The molecule has 0 bridgehead atoms. The molecule has 0 aromatic carbocycles. The van der Waals surface area contributed by atoms with Crippen LogP contribution in [-0.2, 0) is 0 Å². The van der Waals surface area contributed by atoms with E-state index in [1.165, 1.54) is 45.7 Å². The standard InChI is InChI=1S/C14H31N3/c1-5-13(4)14(15-6-2)12-17-10-8-16(7-3)9-11-17/h13-15H,5-12H2,1-4H3. The summed E-state index contributed by atoms with van der Waals surface area (Å²) in [6.07, 6.45) is 1.27. The van der Waals surface area contributed by atoms with Crippen LogP contribution in [0.2, 0.25) is 0 Å². The Hall–Kier alpha value is -0.120. The van der Waals surface area contributed by atoms with E-state index < -0.39 is 0 Å². The Labute approximate surface area is 108 Å². The highest BCUT2D eigenvalue weighted by Crippen LogP contribution is 2.11. The molecular weight excluding hydrogens is 210 g/mol. The summed E-state index contributed by atoms with van der Waals surface area (Å²) in [5.41, 5.74) is 0. The summed E-state index contributed by atoms with van der Waals surface area (Å²) in [4.78, 5) is 5.17. The van der Waals surface area contributed by atoms with Crippen LogP contribution < -0.4 is 5.32 Å². The van der Waals surface area contributed by atoms with Crippen molar-refractivity contribution in [1.29, 1.82) is 0 Å². The summed E-state index contributed by atoms with van der Waals surface area (Å²) < 4.78 is 0. The third-order valence-electron chi connectivity index (χ3n) is 4.16. The second-order valence-electron chi connectivity index (χ2n) is 5.28. The average Bonchev–Trinajstić information content (AvgIpc) is 2.38. The molecule has 1 aliphatic rings. The summed E-state index contributed by atoms with van der Waals surface area (Å²) >= 11 is 0. The minimum absolute atomic E-state index is 0.665. The largest absolute Gasteiger partial charge is 0.313 e.